The van der Waals surface area contributed by atoms with E-state index in [1.54, 1.807) is 0 Å². The Balaban J connectivity index is 1.71. The normalized spacial score (nSPS) is 12.1. The van der Waals surface area contributed by atoms with Gasteiger partial charge in [-0.2, -0.15) is 0 Å². The predicted molar refractivity (Wildman–Crippen MR) is 85.3 cm³/mol. The fourth-order valence-electron chi connectivity index (χ4n) is 2.05. The van der Waals surface area contributed by atoms with Crippen LogP contribution in [0.3, 0.4) is 0 Å². The summed E-state index contributed by atoms with van der Waals surface area (Å²) in [4.78, 5) is 0. The van der Waals surface area contributed by atoms with Crippen LogP contribution in [0.5, 0.6) is 5.75 Å². The van der Waals surface area contributed by atoms with Gasteiger partial charge in [0.05, 0.1) is 13.2 Å². The first kappa shape index (κ1) is 15.5. The van der Waals surface area contributed by atoms with Crippen molar-refractivity contribution in [2.75, 3.05) is 13.2 Å². The van der Waals surface area contributed by atoms with Gasteiger partial charge in [0.1, 0.15) is 12.4 Å². The van der Waals surface area contributed by atoms with Crippen LogP contribution in [0.15, 0.2) is 54.6 Å². The number of benzene rings is 2. The Hall–Kier alpha value is -1.84. The number of nitrogens with two attached hydrogens (primary N) is 1. The monoisotopic (exact) mass is 285 g/mol. The number of hydrogen-bond donors (Lipinski definition) is 1. The molecule has 0 fully saturated rings. The molecule has 3 nitrogen and oxygen atoms in total. The van der Waals surface area contributed by atoms with Crippen LogP contribution in [0.1, 0.15) is 30.5 Å². The Bertz CT molecular complexity index is 528. The first-order valence-corrected chi connectivity index (χ1v) is 7.39. The largest absolute Gasteiger partial charge is 0.491 e. The molecule has 1 unspecified atom stereocenters. The number of hydrogen-bond acceptors (Lipinski definition) is 3. The minimum Gasteiger partial charge on any atom is -0.491 e. The molecule has 0 aromatic heterocycles. The topological polar surface area (TPSA) is 44.5 Å². The summed E-state index contributed by atoms with van der Waals surface area (Å²) < 4.78 is 11.3. The van der Waals surface area contributed by atoms with Gasteiger partial charge in [0.2, 0.25) is 0 Å². The van der Waals surface area contributed by atoms with E-state index in [0.29, 0.717) is 19.8 Å². The molecule has 0 amide bonds. The zero-order valence-corrected chi connectivity index (χ0v) is 12.5. The van der Waals surface area contributed by atoms with E-state index in [9.17, 15) is 0 Å². The molecule has 3 heteroatoms. The molecule has 0 aliphatic carbocycles. The molecule has 0 heterocycles. The lowest BCUT2D eigenvalue weighted by Gasteiger charge is -2.12. The standard InChI is InChI=1S/C18H23NO2/c1-2-18(19)16-9-6-10-17(13-16)21-12-11-20-14-15-7-4-3-5-8-15/h3-10,13,18H,2,11-12,14,19H2,1H3. The van der Waals surface area contributed by atoms with Crippen LogP contribution in [-0.2, 0) is 11.3 Å². The summed E-state index contributed by atoms with van der Waals surface area (Å²) in [6, 6.07) is 18.2. The lowest BCUT2D eigenvalue weighted by molar-refractivity contribution is 0.0889. The lowest BCUT2D eigenvalue weighted by atomic mass is 10.1. The second-order valence-electron chi connectivity index (χ2n) is 4.97. The molecule has 1 atom stereocenters. The van der Waals surface area contributed by atoms with Crippen molar-refractivity contribution in [3.8, 4) is 5.75 Å². The van der Waals surface area contributed by atoms with E-state index in [-0.39, 0.29) is 6.04 Å². The van der Waals surface area contributed by atoms with Crippen molar-refractivity contribution in [2.24, 2.45) is 5.73 Å². The number of rotatable bonds is 8. The van der Waals surface area contributed by atoms with E-state index in [4.69, 9.17) is 15.2 Å². The van der Waals surface area contributed by atoms with Crippen molar-refractivity contribution < 1.29 is 9.47 Å². The molecule has 0 aliphatic heterocycles. The van der Waals surface area contributed by atoms with Crippen LogP contribution in [0.4, 0.5) is 0 Å². The van der Waals surface area contributed by atoms with Gasteiger partial charge in [-0.15, -0.1) is 0 Å². The van der Waals surface area contributed by atoms with Crippen molar-refractivity contribution in [1.29, 1.82) is 0 Å². The predicted octanol–water partition coefficient (Wildman–Crippen LogP) is 3.69. The van der Waals surface area contributed by atoms with E-state index in [1.807, 2.05) is 42.5 Å². The fraction of sp³-hybridized carbons (Fsp3) is 0.333. The first-order valence-electron chi connectivity index (χ1n) is 7.39. The Morgan fingerprint density at radius 2 is 1.81 bits per heavy atom. The van der Waals surface area contributed by atoms with Crippen LogP contribution in [-0.4, -0.2) is 13.2 Å². The fourth-order valence-corrected chi connectivity index (χ4v) is 2.05. The highest BCUT2D eigenvalue weighted by Crippen LogP contribution is 2.19. The first-order chi connectivity index (χ1) is 10.3. The third kappa shape index (κ3) is 5.21. The van der Waals surface area contributed by atoms with Gasteiger partial charge in [-0.25, -0.2) is 0 Å². The Morgan fingerprint density at radius 1 is 1.00 bits per heavy atom. The minimum atomic E-state index is 0.0721. The molecule has 0 saturated heterocycles. The SMILES string of the molecule is CCC(N)c1cccc(OCCOCc2ccccc2)c1. The average Bonchev–Trinajstić information content (AvgIpc) is 2.55. The van der Waals surface area contributed by atoms with Crippen LogP contribution in [0, 0.1) is 0 Å². The Kier molecular flexibility index (Phi) is 6.25. The molecule has 2 aromatic rings. The van der Waals surface area contributed by atoms with Crippen molar-refractivity contribution in [3.63, 3.8) is 0 Å². The van der Waals surface area contributed by atoms with Gasteiger partial charge in [-0.1, -0.05) is 49.4 Å². The van der Waals surface area contributed by atoms with Gasteiger partial charge in [0.25, 0.3) is 0 Å². The maximum absolute atomic E-state index is 6.02. The molecule has 2 N–H and O–H groups in total. The van der Waals surface area contributed by atoms with Crippen LogP contribution in [0.2, 0.25) is 0 Å². The summed E-state index contributed by atoms with van der Waals surface area (Å²) >= 11 is 0. The van der Waals surface area contributed by atoms with Gasteiger partial charge < -0.3 is 15.2 Å². The van der Waals surface area contributed by atoms with Crippen molar-refractivity contribution in [2.45, 2.75) is 26.0 Å². The van der Waals surface area contributed by atoms with Gasteiger partial charge in [-0.05, 0) is 29.7 Å². The third-order valence-corrected chi connectivity index (χ3v) is 3.33. The summed E-state index contributed by atoms with van der Waals surface area (Å²) in [5.74, 6) is 0.847. The van der Waals surface area contributed by atoms with E-state index < -0.39 is 0 Å². The third-order valence-electron chi connectivity index (χ3n) is 3.33. The highest BCUT2D eigenvalue weighted by atomic mass is 16.5. The van der Waals surface area contributed by atoms with E-state index in [2.05, 4.69) is 19.1 Å². The maximum Gasteiger partial charge on any atom is 0.119 e. The zero-order valence-electron chi connectivity index (χ0n) is 12.5. The molecule has 0 radical (unpaired) electrons. The summed E-state index contributed by atoms with van der Waals surface area (Å²) in [5, 5.41) is 0. The highest BCUT2D eigenvalue weighted by Gasteiger charge is 2.04. The molecule has 112 valence electrons. The maximum atomic E-state index is 6.02. The Morgan fingerprint density at radius 3 is 2.57 bits per heavy atom. The summed E-state index contributed by atoms with van der Waals surface area (Å²) in [6.45, 7) is 3.80. The Labute approximate surface area is 126 Å². The lowest BCUT2D eigenvalue weighted by Crippen LogP contribution is -2.10. The highest BCUT2D eigenvalue weighted by molar-refractivity contribution is 5.30. The smallest absolute Gasteiger partial charge is 0.119 e. The molecule has 0 saturated carbocycles. The second-order valence-corrected chi connectivity index (χ2v) is 4.97. The van der Waals surface area contributed by atoms with Crippen LogP contribution in [0.25, 0.3) is 0 Å². The van der Waals surface area contributed by atoms with Crippen molar-refractivity contribution >= 4 is 0 Å². The summed E-state index contributed by atoms with van der Waals surface area (Å²) in [7, 11) is 0. The summed E-state index contributed by atoms with van der Waals surface area (Å²) in [5.41, 5.74) is 8.31. The molecule has 0 spiro atoms. The van der Waals surface area contributed by atoms with Gasteiger partial charge in [0, 0.05) is 6.04 Å². The van der Waals surface area contributed by atoms with Crippen molar-refractivity contribution in [3.05, 3.63) is 65.7 Å². The minimum absolute atomic E-state index is 0.0721. The second kappa shape index (κ2) is 8.45. The number of ether oxygens (including phenoxy) is 2. The molecule has 2 rings (SSSR count). The molecule has 21 heavy (non-hydrogen) atoms. The van der Waals surface area contributed by atoms with Crippen LogP contribution >= 0.6 is 0 Å². The van der Waals surface area contributed by atoms with E-state index >= 15 is 0 Å². The summed E-state index contributed by atoms with van der Waals surface area (Å²) in [6.07, 6.45) is 0.920. The molecule has 2 aromatic carbocycles. The molecule has 0 aliphatic rings. The van der Waals surface area contributed by atoms with Gasteiger partial charge in [-0.3, -0.25) is 0 Å². The zero-order chi connectivity index (χ0) is 14.9. The molecular formula is C18H23NO2. The van der Waals surface area contributed by atoms with E-state index in [1.165, 1.54) is 5.56 Å². The van der Waals surface area contributed by atoms with Gasteiger partial charge in [0.15, 0.2) is 0 Å². The molecular weight excluding hydrogens is 262 g/mol. The van der Waals surface area contributed by atoms with Crippen molar-refractivity contribution in [1.82, 2.24) is 0 Å². The quantitative estimate of drug-likeness (QED) is 0.752. The van der Waals surface area contributed by atoms with Gasteiger partial charge >= 0.3 is 0 Å². The average molecular weight is 285 g/mol. The van der Waals surface area contributed by atoms with Crippen LogP contribution < -0.4 is 10.5 Å². The van der Waals surface area contributed by atoms with E-state index in [0.717, 1.165) is 17.7 Å². The molecule has 0 bridgehead atoms.